The van der Waals surface area contributed by atoms with Crippen molar-refractivity contribution in [1.82, 2.24) is 15.2 Å². The SMILES string of the molecule is CC(C)(c1ccc(C#N)cc1)c1nc[nH]n1. The van der Waals surface area contributed by atoms with Gasteiger partial charge in [-0.3, -0.25) is 5.10 Å². The standard InChI is InChI=1S/C12H12N4/c1-12(2,11-14-8-15-16-11)10-5-3-9(7-13)4-6-10/h3-6,8H,1-2H3,(H,14,15,16). The Morgan fingerprint density at radius 3 is 2.44 bits per heavy atom. The van der Waals surface area contributed by atoms with Crippen molar-refractivity contribution >= 4 is 0 Å². The summed E-state index contributed by atoms with van der Waals surface area (Å²) in [5, 5.41) is 15.6. The summed E-state index contributed by atoms with van der Waals surface area (Å²) < 4.78 is 0. The summed E-state index contributed by atoms with van der Waals surface area (Å²) in [5.41, 5.74) is 1.49. The van der Waals surface area contributed by atoms with Gasteiger partial charge < -0.3 is 0 Å². The normalized spacial score (nSPS) is 11.1. The van der Waals surface area contributed by atoms with Crippen molar-refractivity contribution in [2.75, 3.05) is 0 Å². The third kappa shape index (κ3) is 1.68. The molecule has 4 heteroatoms. The van der Waals surface area contributed by atoms with Crippen LogP contribution in [-0.2, 0) is 5.41 Å². The predicted molar refractivity (Wildman–Crippen MR) is 59.7 cm³/mol. The van der Waals surface area contributed by atoms with Crippen LogP contribution in [0.5, 0.6) is 0 Å². The Bertz CT molecular complexity index is 503. The van der Waals surface area contributed by atoms with Crippen LogP contribution in [0, 0.1) is 11.3 Å². The Kier molecular flexibility index (Phi) is 2.45. The van der Waals surface area contributed by atoms with E-state index in [1.165, 1.54) is 0 Å². The lowest BCUT2D eigenvalue weighted by atomic mass is 9.83. The van der Waals surface area contributed by atoms with Gasteiger partial charge in [-0.1, -0.05) is 12.1 Å². The minimum atomic E-state index is -0.256. The zero-order chi connectivity index (χ0) is 11.6. The molecule has 1 N–H and O–H groups in total. The number of aromatic amines is 1. The molecule has 0 aliphatic carbocycles. The van der Waals surface area contributed by atoms with Crippen LogP contribution in [-0.4, -0.2) is 15.2 Å². The molecule has 0 spiro atoms. The third-order valence-electron chi connectivity index (χ3n) is 2.71. The van der Waals surface area contributed by atoms with Gasteiger partial charge in [-0.25, -0.2) is 4.98 Å². The molecular formula is C12H12N4. The largest absolute Gasteiger partial charge is 0.266 e. The van der Waals surface area contributed by atoms with Crippen molar-refractivity contribution in [1.29, 1.82) is 5.26 Å². The average molecular weight is 212 g/mol. The van der Waals surface area contributed by atoms with Crippen LogP contribution in [0.1, 0.15) is 30.8 Å². The van der Waals surface area contributed by atoms with Gasteiger partial charge in [-0.05, 0) is 31.5 Å². The summed E-state index contributed by atoms with van der Waals surface area (Å²) in [5.74, 6) is 0.747. The van der Waals surface area contributed by atoms with E-state index in [0.29, 0.717) is 5.56 Å². The first-order chi connectivity index (χ1) is 7.64. The summed E-state index contributed by atoms with van der Waals surface area (Å²) in [4.78, 5) is 4.18. The van der Waals surface area contributed by atoms with Crippen molar-refractivity contribution in [3.8, 4) is 6.07 Å². The molecule has 0 fully saturated rings. The molecule has 80 valence electrons. The van der Waals surface area contributed by atoms with Crippen LogP contribution < -0.4 is 0 Å². The van der Waals surface area contributed by atoms with Crippen LogP contribution in [0.15, 0.2) is 30.6 Å². The fourth-order valence-corrected chi connectivity index (χ4v) is 1.60. The molecular weight excluding hydrogens is 200 g/mol. The lowest BCUT2D eigenvalue weighted by Crippen LogP contribution is -2.20. The minimum absolute atomic E-state index is 0.256. The number of aromatic nitrogens is 3. The van der Waals surface area contributed by atoms with E-state index in [4.69, 9.17) is 5.26 Å². The number of benzene rings is 1. The second-order valence-corrected chi connectivity index (χ2v) is 4.14. The third-order valence-corrected chi connectivity index (χ3v) is 2.71. The monoisotopic (exact) mass is 212 g/mol. The maximum absolute atomic E-state index is 8.74. The van der Waals surface area contributed by atoms with E-state index in [1.807, 2.05) is 24.3 Å². The van der Waals surface area contributed by atoms with Crippen LogP contribution in [0.2, 0.25) is 0 Å². The Hall–Kier alpha value is -2.15. The number of rotatable bonds is 2. The van der Waals surface area contributed by atoms with Gasteiger partial charge in [0.15, 0.2) is 5.82 Å². The zero-order valence-corrected chi connectivity index (χ0v) is 9.23. The van der Waals surface area contributed by atoms with Gasteiger partial charge in [-0.15, -0.1) is 0 Å². The Morgan fingerprint density at radius 2 is 1.94 bits per heavy atom. The van der Waals surface area contributed by atoms with E-state index in [-0.39, 0.29) is 5.41 Å². The number of nitrogens with zero attached hydrogens (tertiary/aromatic N) is 3. The fraction of sp³-hybridized carbons (Fsp3) is 0.250. The van der Waals surface area contributed by atoms with Crippen molar-refractivity contribution in [3.63, 3.8) is 0 Å². The molecule has 0 atom stereocenters. The van der Waals surface area contributed by atoms with E-state index < -0.39 is 0 Å². The second kappa shape index (κ2) is 3.78. The van der Waals surface area contributed by atoms with Gasteiger partial charge >= 0.3 is 0 Å². The van der Waals surface area contributed by atoms with Crippen molar-refractivity contribution in [2.45, 2.75) is 19.3 Å². The Labute approximate surface area is 94.0 Å². The lowest BCUT2D eigenvalue weighted by Gasteiger charge is -2.21. The lowest BCUT2D eigenvalue weighted by molar-refractivity contribution is 0.593. The van der Waals surface area contributed by atoms with E-state index in [9.17, 15) is 0 Å². The van der Waals surface area contributed by atoms with E-state index in [1.54, 1.807) is 6.33 Å². The molecule has 0 amide bonds. The molecule has 0 aliphatic rings. The minimum Gasteiger partial charge on any atom is -0.266 e. The molecule has 2 rings (SSSR count). The molecule has 4 nitrogen and oxygen atoms in total. The molecule has 1 aromatic carbocycles. The van der Waals surface area contributed by atoms with Gasteiger partial charge in [-0.2, -0.15) is 10.4 Å². The maximum Gasteiger partial charge on any atom is 0.160 e. The molecule has 0 radical (unpaired) electrons. The molecule has 0 saturated heterocycles. The zero-order valence-electron chi connectivity index (χ0n) is 9.23. The summed E-state index contributed by atoms with van der Waals surface area (Å²) in [6.07, 6.45) is 1.57. The fourth-order valence-electron chi connectivity index (χ4n) is 1.60. The van der Waals surface area contributed by atoms with Crippen molar-refractivity contribution in [3.05, 3.63) is 47.5 Å². The van der Waals surface area contributed by atoms with E-state index in [2.05, 4.69) is 35.1 Å². The predicted octanol–water partition coefficient (Wildman–Crippen LogP) is 2.00. The highest BCUT2D eigenvalue weighted by Gasteiger charge is 2.26. The number of hydrogen-bond acceptors (Lipinski definition) is 3. The number of H-pyrrole nitrogens is 1. The van der Waals surface area contributed by atoms with Crippen molar-refractivity contribution < 1.29 is 0 Å². The molecule has 2 aromatic rings. The summed E-state index contributed by atoms with van der Waals surface area (Å²) in [6.45, 7) is 4.11. The van der Waals surface area contributed by atoms with Crippen LogP contribution in [0.25, 0.3) is 0 Å². The summed E-state index contributed by atoms with van der Waals surface area (Å²) >= 11 is 0. The van der Waals surface area contributed by atoms with Gasteiger partial charge in [0.1, 0.15) is 6.33 Å². The smallest absolute Gasteiger partial charge is 0.160 e. The quantitative estimate of drug-likeness (QED) is 0.828. The highest BCUT2D eigenvalue weighted by atomic mass is 15.2. The van der Waals surface area contributed by atoms with Crippen molar-refractivity contribution in [2.24, 2.45) is 0 Å². The average Bonchev–Trinajstić information content (AvgIpc) is 2.83. The molecule has 0 saturated carbocycles. The highest BCUT2D eigenvalue weighted by Crippen LogP contribution is 2.28. The van der Waals surface area contributed by atoms with E-state index in [0.717, 1.165) is 11.4 Å². The molecule has 1 aromatic heterocycles. The van der Waals surface area contributed by atoms with Gasteiger partial charge in [0.2, 0.25) is 0 Å². The second-order valence-electron chi connectivity index (χ2n) is 4.14. The van der Waals surface area contributed by atoms with Crippen LogP contribution in [0.3, 0.4) is 0 Å². The molecule has 1 heterocycles. The first-order valence-electron chi connectivity index (χ1n) is 5.01. The molecule has 16 heavy (non-hydrogen) atoms. The highest BCUT2D eigenvalue weighted by molar-refractivity contribution is 5.37. The number of nitrogens with one attached hydrogen (secondary N) is 1. The van der Waals surface area contributed by atoms with Gasteiger partial charge in [0, 0.05) is 0 Å². The molecule has 0 aliphatic heterocycles. The maximum atomic E-state index is 8.74. The first-order valence-corrected chi connectivity index (χ1v) is 5.01. The summed E-state index contributed by atoms with van der Waals surface area (Å²) in [7, 11) is 0. The van der Waals surface area contributed by atoms with Gasteiger partial charge in [0.25, 0.3) is 0 Å². The van der Waals surface area contributed by atoms with Crippen LogP contribution in [0.4, 0.5) is 0 Å². The Morgan fingerprint density at radius 1 is 1.25 bits per heavy atom. The number of hydrogen-bond donors (Lipinski definition) is 1. The number of nitriles is 1. The van der Waals surface area contributed by atoms with Crippen LogP contribution >= 0.6 is 0 Å². The topological polar surface area (TPSA) is 65.4 Å². The molecule has 0 unspecified atom stereocenters. The Balaban J connectivity index is 2.40. The molecule has 0 bridgehead atoms. The van der Waals surface area contributed by atoms with E-state index >= 15 is 0 Å². The first kappa shape index (κ1) is 10.4. The van der Waals surface area contributed by atoms with Gasteiger partial charge in [0.05, 0.1) is 17.0 Å². The summed E-state index contributed by atoms with van der Waals surface area (Å²) in [6, 6.07) is 9.60.